The molecule has 0 bridgehead atoms. The molecule has 2 fully saturated rings. The van der Waals surface area contributed by atoms with Crippen LogP contribution in [-0.2, 0) is 18.9 Å². The third kappa shape index (κ3) is 4.57. The van der Waals surface area contributed by atoms with Gasteiger partial charge in [-0.25, -0.2) is 4.39 Å². The summed E-state index contributed by atoms with van der Waals surface area (Å²) < 4.78 is 64.1. The summed E-state index contributed by atoms with van der Waals surface area (Å²) in [4.78, 5) is 23.6. The molecule has 0 spiro atoms. The highest BCUT2D eigenvalue weighted by molar-refractivity contribution is 6.62. The summed E-state index contributed by atoms with van der Waals surface area (Å²) in [5.74, 6) is -3.58. The average molecular weight is 444 g/mol. The predicted octanol–water partition coefficient (Wildman–Crippen LogP) is 2.51. The van der Waals surface area contributed by atoms with Crippen molar-refractivity contribution in [2.75, 3.05) is 0 Å². The summed E-state index contributed by atoms with van der Waals surface area (Å²) in [6.07, 6.45) is -4.93. The van der Waals surface area contributed by atoms with E-state index in [0.29, 0.717) is 5.46 Å². The van der Waals surface area contributed by atoms with Gasteiger partial charge in [-0.3, -0.25) is 9.59 Å². The number of amides is 2. The smallest absolute Gasteiger partial charge is 0.399 e. The summed E-state index contributed by atoms with van der Waals surface area (Å²) in [7, 11) is -0.759. The summed E-state index contributed by atoms with van der Waals surface area (Å²) in [6, 6.07) is 3.49. The first kappa shape index (κ1) is 23.5. The van der Waals surface area contributed by atoms with Crippen molar-refractivity contribution in [3.8, 4) is 0 Å². The molecule has 1 saturated heterocycles. The fourth-order valence-electron chi connectivity index (χ4n) is 3.25. The zero-order valence-corrected chi connectivity index (χ0v) is 17.9. The number of nitrogens with one attached hydrogen (secondary N) is 2. The van der Waals surface area contributed by atoms with Crippen LogP contribution in [0.25, 0.3) is 0 Å². The Hall–Kier alpha value is -2.14. The molecule has 0 aromatic heterocycles. The lowest BCUT2D eigenvalue weighted by Crippen LogP contribution is -2.53. The van der Waals surface area contributed by atoms with E-state index >= 15 is 0 Å². The van der Waals surface area contributed by atoms with Crippen LogP contribution in [0.4, 0.5) is 17.6 Å². The number of hydrogen-bond donors (Lipinski definition) is 2. The second kappa shape index (κ2) is 7.48. The second-order valence-electron chi connectivity index (χ2n) is 9.10. The van der Waals surface area contributed by atoms with Crippen LogP contribution < -0.4 is 16.1 Å². The Labute approximate surface area is 178 Å². The normalized spacial score (nSPS) is 22.0. The van der Waals surface area contributed by atoms with Crippen molar-refractivity contribution in [3.63, 3.8) is 0 Å². The third-order valence-corrected chi connectivity index (χ3v) is 6.16. The van der Waals surface area contributed by atoms with Gasteiger partial charge in [0.05, 0.1) is 17.2 Å². The maximum absolute atomic E-state index is 14.8. The monoisotopic (exact) mass is 444 g/mol. The third-order valence-electron chi connectivity index (χ3n) is 6.16. The summed E-state index contributed by atoms with van der Waals surface area (Å²) in [6.45, 7) is 9.01. The maximum Gasteiger partial charge on any atom is 0.494 e. The highest BCUT2D eigenvalue weighted by atomic mass is 19.4. The number of halogens is 4. The second-order valence-corrected chi connectivity index (χ2v) is 9.10. The van der Waals surface area contributed by atoms with Crippen LogP contribution in [0.2, 0.25) is 0 Å². The molecule has 2 N–H and O–H groups in total. The van der Waals surface area contributed by atoms with Gasteiger partial charge >= 0.3 is 19.2 Å². The van der Waals surface area contributed by atoms with E-state index < -0.39 is 53.7 Å². The van der Waals surface area contributed by atoms with Crippen LogP contribution in [0.1, 0.15) is 59.1 Å². The Balaban J connectivity index is 1.68. The van der Waals surface area contributed by atoms with E-state index in [-0.39, 0.29) is 18.4 Å². The van der Waals surface area contributed by atoms with E-state index in [0.717, 1.165) is 0 Å². The molecule has 6 nitrogen and oxygen atoms in total. The van der Waals surface area contributed by atoms with Gasteiger partial charge in [0.2, 0.25) is 5.91 Å². The minimum absolute atomic E-state index is 0.0801. The van der Waals surface area contributed by atoms with E-state index in [1.165, 1.54) is 19.1 Å². The SMILES string of the molecule is CC(NC(=O)C1(NC(=O)C(F)(F)F)CC1)c1ccc(B2OC(C)(C)C(C)(C)O2)cc1F. The van der Waals surface area contributed by atoms with Gasteiger partial charge in [-0.05, 0) is 59.0 Å². The van der Waals surface area contributed by atoms with Crippen molar-refractivity contribution in [1.82, 2.24) is 10.6 Å². The molecule has 31 heavy (non-hydrogen) atoms. The molecular weight excluding hydrogens is 419 g/mol. The molecule has 1 aromatic rings. The lowest BCUT2D eigenvalue weighted by molar-refractivity contribution is -0.175. The van der Waals surface area contributed by atoms with Crippen molar-refractivity contribution in [2.24, 2.45) is 0 Å². The molecule has 1 aliphatic carbocycles. The van der Waals surface area contributed by atoms with Gasteiger partial charge < -0.3 is 19.9 Å². The van der Waals surface area contributed by atoms with Crippen LogP contribution in [0.5, 0.6) is 0 Å². The maximum atomic E-state index is 14.8. The lowest BCUT2D eigenvalue weighted by Gasteiger charge is -2.32. The molecule has 1 unspecified atom stereocenters. The van der Waals surface area contributed by atoms with Crippen molar-refractivity contribution in [2.45, 2.75) is 76.4 Å². The van der Waals surface area contributed by atoms with Crippen molar-refractivity contribution >= 4 is 24.4 Å². The average Bonchev–Trinajstić information content (AvgIpc) is 3.35. The van der Waals surface area contributed by atoms with E-state index in [9.17, 15) is 27.2 Å². The standard InChI is InChI=1S/C20H25BF4N2O4/c1-11(26-15(28)19(8-9-19)27-16(29)20(23,24)25)13-7-6-12(10-14(13)22)21-30-17(2,3)18(4,5)31-21/h6-7,10-11H,8-9H2,1-5H3,(H,26,28)(H,27,29). The molecule has 1 heterocycles. The largest absolute Gasteiger partial charge is 0.494 e. The van der Waals surface area contributed by atoms with Crippen LogP contribution in [0, 0.1) is 5.82 Å². The van der Waals surface area contributed by atoms with Crippen molar-refractivity contribution in [3.05, 3.63) is 29.6 Å². The number of benzene rings is 1. The fraction of sp³-hybridized carbons (Fsp3) is 0.600. The molecule has 1 atom stereocenters. The number of hydrogen-bond acceptors (Lipinski definition) is 4. The molecule has 2 amide bonds. The molecule has 1 saturated carbocycles. The predicted molar refractivity (Wildman–Crippen MR) is 105 cm³/mol. The first-order valence-electron chi connectivity index (χ1n) is 9.93. The quantitative estimate of drug-likeness (QED) is 0.541. The van der Waals surface area contributed by atoms with Gasteiger partial charge in [0.15, 0.2) is 0 Å². The van der Waals surface area contributed by atoms with Crippen LogP contribution in [-0.4, -0.2) is 41.9 Å². The van der Waals surface area contributed by atoms with Crippen LogP contribution in [0.3, 0.4) is 0 Å². The summed E-state index contributed by atoms with van der Waals surface area (Å²) in [5.41, 5.74) is -2.18. The Morgan fingerprint density at radius 3 is 2.10 bits per heavy atom. The Kier molecular flexibility index (Phi) is 5.67. The minimum atomic E-state index is -5.09. The molecule has 0 radical (unpaired) electrons. The lowest BCUT2D eigenvalue weighted by atomic mass is 9.78. The van der Waals surface area contributed by atoms with E-state index in [1.807, 2.05) is 27.7 Å². The van der Waals surface area contributed by atoms with Crippen LogP contribution >= 0.6 is 0 Å². The first-order valence-corrected chi connectivity index (χ1v) is 9.93. The van der Waals surface area contributed by atoms with Gasteiger partial charge in [0.1, 0.15) is 11.4 Å². The van der Waals surface area contributed by atoms with Crippen LogP contribution in [0.15, 0.2) is 18.2 Å². The van der Waals surface area contributed by atoms with E-state index in [1.54, 1.807) is 11.4 Å². The topological polar surface area (TPSA) is 76.7 Å². The zero-order chi connectivity index (χ0) is 23.4. The Bertz CT molecular complexity index is 884. The fourth-order valence-corrected chi connectivity index (χ4v) is 3.25. The van der Waals surface area contributed by atoms with Gasteiger partial charge in [-0.2, -0.15) is 13.2 Å². The Morgan fingerprint density at radius 2 is 1.65 bits per heavy atom. The number of alkyl halides is 3. The minimum Gasteiger partial charge on any atom is -0.399 e. The van der Waals surface area contributed by atoms with Gasteiger partial charge in [0, 0.05) is 5.56 Å². The first-order chi connectivity index (χ1) is 14.1. The molecule has 11 heteroatoms. The molecule has 1 aliphatic heterocycles. The van der Waals surface area contributed by atoms with Gasteiger partial charge in [0.25, 0.3) is 0 Å². The van der Waals surface area contributed by atoms with Crippen molar-refractivity contribution < 1.29 is 36.5 Å². The molecule has 170 valence electrons. The number of carbonyl (C=O) groups is 2. The highest BCUT2D eigenvalue weighted by Crippen LogP contribution is 2.38. The highest BCUT2D eigenvalue weighted by Gasteiger charge is 2.55. The molecule has 2 aliphatic rings. The van der Waals surface area contributed by atoms with Crippen molar-refractivity contribution in [1.29, 1.82) is 0 Å². The summed E-state index contributed by atoms with van der Waals surface area (Å²) >= 11 is 0. The molecular formula is C20H25BF4N2O4. The molecule has 1 aromatic carbocycles. The Morgan fingerprint density at radius 1 is 1.10 bits per heavy atom. The van der Waals surface area contributed by atoms with Gasteiger partial charge in [-0.1, -0.05) is 12.1 Å². The summed E-state index contributed by atoms with van der Waals surface area (Å²) in [5, 5.41) is 4.23. The number of carbonyl (C=O) groups excluding carboxylic acids is 2. The van der Waals surface area contributed by atoms with E-state index in [4.69, 9.17) is 9.31 Å². The van der Waals surface area contributed by atoms with Gasteiger partial charge in [-0.15, -0.1) is 0 Å². The molecule has 3 rings (SSSR count). The zero-order valence-electron chi connectivity index (χ0n) is 17.9. The number of rotatable bonds is 5. The van der Waals surface area contributed by atoms with E-state index in [2.05, 4.69) is 5.32 Å².